The lowest BCUT2D eigenvalue weighted by Crippen LogP contribution is -2.25. The summed E-state index contributed by atoms with van der Waals surface area (Å²) in [5, 5.41) is 6.22. The molecule has 18 heavy (non-hydrogen) atoms. The van der Waals surface area contributed by atoms with Crippen LogP contribution >= 0.6 is 0 Å². The summed E-state index contributed by atoms with van der Waals surface area (Å²) >= 11 is 0. The number of hydrogen-bond donors (Lipinski definition) is 3. The van der Waals surface area contributed by atoms with Crippen molar-refractivity contribution in [3.63, 3.8) is 0 Å². The van der Waals surface area contributed by atoms with Crippen molar-refractivity contribution in [3.05, 3.63) is 6.07 Å². The summed E-state index contributed by atoms with van der Waals surface area (Å²) in [7, 11) is 1.81. The molecule has 0 fully saturated rings. The number of rotatable bonds is 8. The first-order valence-corrected chi connectivity index (χ1v) is 6.48. The van der Waals surface area contributed by atoms with E-state index in [0.29, 0.717) is 0 Å². The van der Waals surface area contributed by atoms with Gasteiger partial charge in [-0.15, -0.1) is 0 Å². The van der Waals surface area contributed by atoms with Crippen molar-refractivity contribution in [2.75, 3.05) is 49.6 Å². The van der Waals surface area contributed by atoms with Crippen LogP contribution < -0.4 is 16.4 Å². The van der Waals surface area contributed by atoms with Crippen molar-refractivity contribution in [2.45, 2.75) is 20.3 Å². The molecule has 0 aromatic carbocycles. The van der Waals surface area contributed by atoms with E-state index in [1.807, 2.05) is 13.1 Å². The number of hydrogen-bond acceptors (Lipinski definition) is 6. The molecule has 1 aromatic rings. The molecule has 1 rings (SSSR count). The van der Waals surface area contributed by atoms with Gasteiger partial charge in [0.1, 0.15) is 11.6 Å². The van der Waals surface area contributed by atoms with Gasteiger partial charge in [0.15, 0.2) is 0 Å². The summed E-state index contributed by atoms with van der Waals surface area (Å²) in [6.07, 6.45) is 1.08. The second-order valence-corrected chi connectivity index (χ2v) is 4.05. The average Bonchev–Trinajstić information content (AvgIpc) is 2.38. The van der Waals surface area contributed by atoms with E-state index in [9.17, 15) is 0 Å². The van der Waals surface area contributed by atoms with E-state index in [2.05, 4.69) is 39.3 Å². The second kappa shape index (κ2) is 7.71. The fourth-order valence-corrected chi connectivity index (χ4v) is 1.74. The van der Waals surface area contributed by atoms with Crippen LogP contribution in [0, 0.1) is 0 Å². The molecule has 0 saturated carbocycles. The molecule has 0 aliphatic carbocycles. The highest BCUT2D eigenvalue weighted by Crippen LogP contribution is 2.11. The molecule has 0 spiro atoms. The third-order valence-electron chi connectivity index (χ3n) is 2.85. The minimum atomic E-state index is 0.285. The molecule has 0 unspecified atom stereocenters. The van der Waals surface area contributed by atoms with Crippen LogP contribution in [-0.2, 0) is 0 Å². The Morgan fingerprint density at radius 2 is 1.89 bits per heavy atom. The quantitative estimate of drug-likeness (QED) is 0.604. The molecule has 0 aliphatic rings. The lowest BCUT2D eigenvalue weighted by atomic mass is 10.3. The number of nitrogens with two attached hydrogens (primary N) is 1. The number of anilines is 3. The normalized spacial score (nSPS) is 10.7. The van der Waals surface area contributed by atoms with E-state index < -0.39 is 0 Å². The van der Waals surface area contributed by atoms with Crippen molar-refractivity contribution in [1.82, 2.24) is 14.9 Å². The first kappa shape index (κ1) is 14.5. The molecule has 0 aliphatic heterocycles. The average molecular weight is 252 g/mol. The van der Waals surface area contributed by atoms with Crippen LogP contribution in [0.5, 0.6) is 0 Å². The molecule has 0 atom stereocenters. The Kier molecular flexibility index (Phi) is 6.21. The van der Waals surface area contributed by atoms with Gasteiger partial charge in [0, 0.05) is 19.7 Å². The zero-order valence-electron chi connectivity index (χ0n) is 11.5. The Morgan fingerprint density at radius 3 is 2.50 bits per heavy atom. The van der Waals surface area contributed by atoms with Gasteiger partial charge in [-0.3, -0.25) is 0 Å². The summed E-state index contributed by atoms with van der Waals surface area (Å²) in [5.41, 5.74) is 5.62. The van der Waals surface area contributed by atoms with Gasteiger partial charge in [0.25, 0.3) is 0 Å². The second-order valence-electron chi connectivity index (χ2n) is 4.05. The Morgan fingerprint density at radius 1 is 1.22 bits per heavy atom. The monoisotopic (exact) mass is 252 g/mol. The molecule has 0 radical (unpaired) electrons. The van der Waals surface area contributed by atoms with E-state index in [4.69, 9.17) is 5.73 Å². The summed E-state index contributed by atoms with van der Waals surface area (Å²) < 4.78 is 0. The van der Waals surface area contributed by atoms with Crippen molar-refractivity contribution in [1.29, 1.82) is 0 Å². The van der Waals surface area contributed by atoms with Gasteiger partial charge in [-0.05, 0) is 26.1 Å². The van der Waals surface area contributed by atoms with Crippen LogP contribution in [0.1, 0.15) is 20.3 Å². The standard InChI is InChI=1S/C12H24N6/c1-4-18(5-2)8-6-7-15-11-9-10(14-3)16-12(13)17-11/h9H,4-8H2,1-3H3,(H4,13,14,15,16,17). The van der Waals surface area contributed by atoms with Gasteiger partial charge in [-0.1, -0.05) is 13.8 Å². The molecule has 0 bridgehead atoms. The summed E-state index contributed by atoms with van der Waals surface area (Å²) in [5.74, 6) is 1.79. The van der Waals surface area contributed by atoms with Crippen LogP contribution in [0.2, 0.25) is 0 Å². The highest BCUT2D eigenvalue weighted by atomic mass is 15.1. The predicted molar refractivity (Wildman–Crippen MR) is 76.9 cm³/mol. The smallest absolute Gasteiger partial charge is 0.223 e. The molecule has 1 aromatic heterocycles. The number of nitrogens with one attached hydrogen (secondary N) is 2. The molecule has 0 amide bonds. The molecule has 6 nitrogen and oxygen atoms in total. The van der Waals surface area contributed by atoms with E-state index in [-0.39, 0.29) is 5.95 Å². The Bertz CT molecular complexity index is 350. The lowest BCUT2D eigenvalue weighted by Gasteiger charge is -2.17. The molecule has 1 heterocycles. The van der Waals surface area contributed by atoms with Crippen LogP contribution in [0.4, 0.5) is 17.6 Å². The highest BCUT2D eigenvalue weighted by molar-refractivity contribution is 5.50. The van der Waals surface area contributed by atoms with E-state index in [1.54, 1.807) is 0 Å². The fourth-order valence-electron chi connectivity index (χ4n) is 1.74. The zero-order chi connectivity index (χ0) is 13.4. The van der Waals surface area contributed by atoms with Crippen molar-refractivity contribution in [2.24, 2.45) is 0 Å². The minimum Gasteiger partial charge on any atom is -0.373 e. The van der Waals surface area contributed by atoms with Gasteiger partial charge >= 0.3 is 0 Å². The first-order valence-electron chi connectivity index (χ1n) is 6.48. The number of aromatic nitrogens is 2. The number of nitrogens with zero attached hydrogens (tertiary/aromatic N) is 3. The third-order valence-corrected chi connectivity index (χ3v) is 2.85. The summed E-state index contributed by atoms with van der Waals surface area (Å²) in [4.78, 5) is 10.6. The fraction of sp³-hybridized carbons (Fsp3) is 0.667. The third kappa shape index (κ3) is 4.75. The summed E-state index contributed by atoms with van der Waals surface area (Å²) in [6, 6.07) is 1.85. The largest absolute Gasteiger partial charge is 0.373 e. The van der Waals surface area contributed by atoms with Crippen molar-refractivity contribution in [3.8, 4) is 0 Å². The van der Waals surface area contributed by atoms with Gasteiger partial charge < -0.3 is 21.3 Å². The van der Waals surface area contributed by atoms with Crippen LogP contribution in [-0.4, -0.2) is 48.1 Å². The van der Waals surface area contributed by atoms with Gasteiger partial charge in [0.05, 0.1) is 0 Å². The molecular weight excluding hydrogens is 228 g/mol. The SMILES string of the molecule is CCN(CC)CCCNc1cc(NC)nc(N)n1. The predicted octanol–water partition coefficient (Wildman–Crippen LogP) is 1.24. The van der Waals surface area contributed by atoms with Gasteiger partial charge in [-0.25, -0.2) is 0 Å². The molecule has 0 saturated heterocycles. The molecule has 4 N–H and O–H groups in total. The van der Waals surface area contributed by atoms with E-state index in [0.717, 1.165) is 44.2 Å². The van der Waals surface area contributed by atoms with Gasteiger partial charge in [0.2, 0.25) is 5.95 Å². The van der Waals surface area contributed by atoms with Gasteiger partial charge in [-0.2, -0.15) is 9.97 Å². The summed E-state index contributed by atoms with van der Waals surface area (Å²) in [6.45, 7) is 8.54. The Labute approximate surface area is 109 Å². The van der Waals surface area contributed by atoms with Crippen LogP contribution in [0.25, 0.3) is 0 Å². The van der Waals surface area contributed by atoms with E-state index >= 15 is 0 Å². The minimum absolute atomic E-state index is 0.285. The molecule has 6 heteroatoms. The Balaban J connectivity index is 2.37. The zero-order valence-corrected chi connectivity index (χ0v) is 11.5. The topological polar surface area (TPSA) is 79.1 Å². The van der Waals surface area contributed by atoms with Crippen LogP contribution in [0.3, 0.4) is 0 Å². The van der Waals surface area contributed by atoms with E-state index in [1.165, 1.54) is 0 Å². The maximum atomic E-state index is 5.62. The first-order chi connectivity index (χ1) is 8.69. The maximum absolute atomic E-state index is 5.62. The molecule has 102 valence electrons. The Hall–Kier alpha value is -1.56. The van der Waals surface area contributed by atoms with Crippen molar-refractivity contribution < 1.29 is 0 Å². The highest BCUT2D eigenvalue weighted by Gasteiger charge is 2.01. The van der Waals surface area contributed by atoms with Crippen molar-refractivity contribution >= 4 is 17.6 Å². The van der Waals surface area contributed by atoms with Crippen LogP contribution in [0.15, 0.2) is 6.07 Å². The lowest BCUT2D eigenvalue weighted by molar-refractivity contribution is 0.303. The molecular formula is C12H24N6. The number of nitrogen functional groups attached to an aromatic ring is 1. The maximum Gasteiger partial charge on any atom is 0.223 e.